The SMILES string of the molecule is CCCNc1ncc(Cl)c(N2CCC(N(C)C)CC2)n1. The maximum Gasteiger partial charge on any atom is 0.224 e. The number of piperidine rings is 1. The smallest absolute Gasteiger partial charge is 0.224 e. The summed E-state index contributed by atoms with van der Waals surface area (Å²) >= 11 is 6.26. The lowest BCUT2D eigenvalue weighted by molar-refractivity contribution is 0.249. The van der Waals surface area contributed by atoms with Crippen LogP contribution >= 0.6 is 11.6 Å². The van der Waals surface area contributed by atoms with Gasteiger partial charge in [0, 0.05) is 25.7 Å². The Morgan fingerprint density at radius 3 is 2.70 bits per heavy atom. The van der Waals surface area contributed by atoms with Crippen molar-refractivity contribution in [2.45, 2.75) is 32.2 Å². The van der Waals surface area contributed by atoms with Crippen LogP contribution in [-0.2, 0) is 0 Å². The molecule has 0 saturated carbocycles. The number of anilines is 2. The molecule has 112 valence electrons. The summed E-state index contributed by atoms with van der Waals surface area (Å²) in [7, 11) is 4.29. The molecule has 0 aromatic carbocycles. The largest absolute Gasteiger partial charge is 0.355 e. The summed E-state index contributed by atoms with van der Waals surface area (Å²) in [6.07, 6.45) is 5.03. The standard InChI is InChI=1S/C14H24ClN5/c1-4-7-16-14-17-10-12(15)13(18-14)20-8-5-11(6-9-20)19(2)3/h10-11H,4-9H2,1-3H3,(H,16,17,18). The first-order valence-corrected chi connectivity index (χ1v) is 7.67. The van der Waals surface area contributed by atoms with Crippen LogP contribution in [-0.4, -0.2) is 54.6 Å². The van der Waals surface area contributed by atoms with E-state index in [2.05, 4.69) is 46.1 Å². The van der Waals surface area contributed by atoms with Gasteiger partial charge in [0.1, 0.15) is 5.02 Å². The number of rotatable bonds is 5. The molecular weight excluding hydrogens is 274 g/mol. The molecule has 0 atom stereocenters. The Balaban J connectivity index is 2.05. The summed E-state index contributed by atoms with van der Waals surface area (Å²) in [5, 5.41) is 3.85. The molecule has 2 heterocycles. The molecule has 1 aliphatic heterocycles. The topological polar surface area (TPSA) is 44.3 Å². The van der Waals surface area contributed by atoms with Crippen molar-refractivity contribution in [3.05, 3.63) is 11.2 Å². The van der Waals surface area contributed by atoms with E-state index < -0.39 is 0 Å². The van der Waals surface area contributed by atoms with E-state index >= 15 is 0 Å². The first kappa shape index (κ1) is 15.3. The van der Waals surface area contributed by atoms with Gasteiger partial charge in [-0.1, -0.05) is 18.5 Å². The highest BCUT2D eigenvalue weighted by Crippen LogP contribution is 2.27. The average Bonchev–Trinajstić information content (AvgIpc) is 2.46. The Kier molecular flexibility index (Phi) is 5.43. The van der Waals surface area contributed by atoms with Crippen LogP contribution in [0.4, 0.5) is 11.8 Å². The molecule has 0 amide bonds. The van der Waals surface area contributed by atoms with Crippen molar-refractivity contribution in [3.8, 4) is 0 Å². The first-order valence-electron chi connectivity index (χ1n) is 7.29. The molecular formula is C14H24ClN5. The van der Waals surface area contributed by atoms with Gasteiger partial charge in [-0.3, -0.25) is 0 Å². The molecule has 2 rings (SSSR count). The Labute approximate surface area is 126 Å². The number of nitrogens with zero attached hydrogens (tertiary/aromatic N) is 4. The molecule has 1 N–H and O–H groups in total. The minimum Gasteiger partial charge on any atom is -0.355 e. The molecule has 1 aromatic rings. The van der Waals surface area contributed by atoms with Crippen LogP contribution in [0.3, 0.4) is 0 Å². The Hall–Kier alpha value is -1.07. The zero-order chi connectivity index (χ0) is 14.5. The van der Waals surface area contributed by atoms with E-state index in [-0.39, 0.29) is 0 Å². The van der Waals surface area contributed by atoms with E-state index in [0.29, 0.717) is 17.0 Å². The molecule has 1 saturated heterocycles. The lowest BCUT2D eigenvalue weighted by atomic mass is 10.0. The van der Waals surface area contributed by atoms with Crippen LogP contribution < -0.4 is 10.2 Å². The third-order valence-electron chi connectivity index (χ3n) is 3.75. The monoisotopic (exact) mass is 297 g/mol. The molecule has 6 heteroatoms. The normalized spacial score (nSPS) is 16.8. The van der Waals surface area contributed by atoms with Crippen LogP contribution in [0, 0.1) is 0 Å². The van der Waals surface area contributed by atoms with Gasteiger partial charge in [-0.05, 0) is 33.4 Å². The van der Waals surface area contributed by atoms with Crippen LogP contribution in [0.1, 0.15) is 26.2 Å². The van der Waals surface area contributed by atoms with Gasteiger partial charge in [0.15, 0.2) is 5.82 Å². The van der Waals surface area contributed by atoms with Crippen molar-refractivity contribution in [1.29, 1.82) is 0 Å². The fraction of sp³-hybridized carbons (Fsp3) is 0.714. The zero-order valence-electron chi connectivity index (χ0n) is 12.6. The maximum absolute atomic E-state index is 6.26. The second kappa shape index (κ2) is 7.09. The van der Waals surface area contributed by atoms with Crippen molar-refractivity contribution >= 4 is 23.4 Å². The molecule has 0 aliphatic carbocycles. The van der Waals surface area contributed by atoms with E-state index in [9.17, 15) is 0 Å². The zero-order valence-corrected chi connectivity index (χ0v) is 13.3. The van der Waals surface area contributed by atoms with Gasteiger partial charge in [-0.25, -0.2) is 4.98 Å². The molecule has 1 fully saturated rings. The second-order valence-electron chi connectivity index (χ2n) is 5.47. The number of hydrogen-bond acceptors (Lipinski definition) is 5. The summed E-state index contributed by atoms with van der Waals surface area (Å²) in [6.45, 7) is 4.99. The van der Waals surface area contributed by atoms with E-state index in [0.717, 1.165) is 44.7 Å². The average molecular weight is 298 g/mol. The van der Waals surface area contributed by atoms with Crippen molar-refractivity contribution in [3.63, 3.8) is 0 Å². The maximum atomic E-state index is 6.26. The first-order chi connectivity index (χ1) is 9.61. The van der Waals surface area contributed by atoms with Gasteiger partial charge < -0.3 is 15.1 Å². The summed E-state index contributed by atoms with van der Waals surface area (Å²) in [5.41, 5.74) is 0. The summed E-state index contributed by atoms with van der Waals surface area (Å²) in [6, 6.07) is 0.657. The van der Waals surface area contributed by atoms with E-state index in [1.807, 2.05) is 0 Å². The number of halogens is 1. The third kappa shape index (κ3) is 3.73. The van der Waals surface area contributed by atoms with Crippen LogP contribution in [0.15, 0.2) is 6.20 Å². The van der Waals surface area contributed by atoms with Crippen molar-refractivity contribution in [1.82, 2.24) is 14.9 Å². The van der Waals surface area contributed by atoms with Crippen molar-refractivity contribution in [2.75, 3.05) is 43.9 Å². The van der Waals surface area contributed by atoms with Crippen LogP contribution in [0.5, 0.6) is 0 Å². The lowest BCUT2D eigenvalue weighted by Gasteiger charge is -2.36. The Morgan fingerprint density at radius 1 is 1.40 bits per heavy atom. The fourth-order valence-electron chi connectivity index (χ4n) is 2.50. The minimum atomic E-state index is 0.635. The van der Waals surface area contributed by atoms with Gasteiger partial charge in [-0.2, -0.15) is 4.98 Å². The Morgan fingerprint density at radius 2 is 2.10 bits per heavy atom. The van der Waals surface area contributed by atoms with E-state index in [1.54, 1.807) is 6.20 Å². The van der Waals surface area contributed by atoms with E-state index in [1.165, 1.54) is 0 Å². The summed E-state index contributed by atoms with van der Waals surface area (Å²) in [4.78, 5) is 13.4. The minimum absolute atomic E-state index is 0.635. The predicted octanol–water partition coefficient (Wildman–Crippen LogP) is 2.48. The molecule has 0 radical (unpaired) electrons. The van der Waals surface area contributed by atoms with Crippen molar-refractivity contribution < 1.29 is 0 Å². The molecule has 0 spiro atoms. The Bertz CT molecular complexity index is 430. The highest BCUT2D eigenvalue weighted by molar-refractivity contribution is 6.32. The van der Waals surface area contributed by atoms with Gasteiger partial charge in [0.2, 0.25) is 5.95 Å². The summed E-state index contributed by atoms with van der Waals surface area (Å²) < 4.78 is 0. The summed E-state index contributed by atoms with van der Waals surface area (Å²) in [5.74, 6) is 1.53. The fourth-order valence-corrected chi connectivity index (χ4v) is 2.71. The van der Waals surface area contributed by atoms with E-state index in [4.69, 9.17) is 11.6 Å². The predicted molar refractivity (Wildman–Crippen MR) is 84.7 cm³/mol. The molecule has 20 heavy (non-hydrogen) atoms. The van der Waals surface area contributed by atoms with Gasteiger partial charge >= 0.3 is 0 Å². The quantitative estimate of drug-likeness (QED) is 0.904. The number of hydrogen-bond donors (Lipinski definition) is 1. The third-order valence-corrected chi connectivity index (χ3v) is 4.02. The second-order valence-corrected chi connectivity index (χ2v) is 5.88. The number of aromatic nitrogens is 2. The highest BCUT2D eigenvalue weighted by atomic mass is 35.5. The molecule has 1 aliphatic rings. The highest BCUT2D eigenvalue weighted by Gasteiger charge is 2.23. The van der Waals surface area contributed by atoms with Crippen LogP contribution in [0.25, 0.3) is 0 Å². The lowest BCUT2D eigenvalue weighted by Crippen LogP contribution is -2.42. The number of nitrogens with one attached hydrogen (secondary N) is 1. The molecule has 0 bridgehead atoms. The molecule has 0 unspecified atom stereocenters. The molecule has 5 nitrogen and oxygen atoms in total. The van der Waals surface area contributed by atoms with Gasteiger partial charge in [0.05, 0.1) is 6.20 Å². The molecule has 1 aromatic heterocycles. The van der Waals surface area contributed by atoms with Crippen molar-refractivity contribution in [2.24, 2.45) is 0 Å². The van der Waals surface area contributed by atoms with Gasteiger partial charge in [-0.15, -0.1) is 0 Å². The van der Waals surface area contributed by atoms with Crippen LogP contribution in [0.2, 0.25) is 5.02 Å². The van der Waals surface area contributed by atoms with Gasteiger partial charge in [0.25, 0.3) is 0 Å².